The van der Waals surface area contributed by atoms with Crippen molar-refractivity contribution in [2.24, 2.45) is 16.7 Å². The van der Waals surface area contributed by atoms with Crippen LogP contribution in [0.5, 0.6) is 0 Å². The molecule has 1 aromatic rings. The van der Waals surface area contributed by atoms with Crippen LogP contribution in [0.4, 0.5) is 0 Å². The first kappa shape index (κ1) is 15.2. The minimum atomic E-state index is 0.00406. The van der Waals surface area contributed by atoms with Gasteiger partial charge in [-0.25, -0.2) is 0 Å². The van der Waals surface area contributed by atoms with E-state index in [2.05, 4.69) is 44.2 Å². The highest BCUT2D eigenvalue weighted by Crippen LogP contribution is 2.65. The number of carbonyl (C=O) groups is 1. The van der Waals surface area contributed by atoms with Gasteiger partial charge in [-0.05, 0) is 54.9 Å². The Balaban J connectivity index is 1.47. The number of hydrogen-bond donors (Lipinski definition) is 0. The molecule has 2 fully saturated rings. The zero-order valence-electron chi connectivity index (χ0n) is 13.3. The maximum absolute atomic E-state index is 12.3. The molecule has 4 unspecified atom stereocenters. The lowest BCUT2D eigenvalue weighted by molar-refractivity contribution is -0.128. The fourth-order valence-electron chi connectivity index (χ4n) is 4.50. The quantitative estimate of drug-likeness (QED) is 0.550. The normalized spacial score (nSPS) is 35.1. The predicted octanol–water partition coefficient (Wildman–Crippen LogP) is 4.69. The molecule has 0 aliphatic heterocycles. The minimum Gasteiger partial charge on any atom is -0.299 e. The SMILES string of the molecule is CC12CCC(CC1=O)C2(C)CPCCCc1ccccc1. The minimum absolute atomic E-state index is 0.00406. The molecule has 0 N–H and O–H groups in total. The van der Waals surface area contributed by atoms with Crippen LogP contribution >= 0.6 is 8.58 Å². The fraction of sp³-hybridized carbons (Fsp3) is 0.632. The molecular formula is C19H27OP. The van der Waals surface area contributed by atoms with Crippen LogP contribution in [-0.2, 0) is 11.2 Å². The maximum Gasteiger partial charge on any atom is 0.139 e. The van der Waals surface area contributed by atoms with E-state index in [0.29, 0.717) is 17.1 Å². The molecule has 2 saturated carbocycles. The summed E-state index contributed by atoms with van der Waals surface area (Å²) < 4.78 is 0. The van der Waals surface area contributed by atoms with Crippen LogP contribution in [0, 0.1) is 16.7 Å². The van der Waals surface area contributed by atoms with E-state index < -0.39 is 0 Å². The molecular weight excluding hydrogens is 275 g/mol. The standard InChI is InChI=1S/C19H27OP/c1-18-11-10-16(13-17(18)20)19(18,2)14-21-12-6-9-15-7-4-3-5-8-15/h3-5,7-8,16,21H,6,9-14H2,1-2H3. The van der Waals surface area contributed by atoms with E-state index in [9.17, 15) is 4.79 Å². The van der Waals surface area contributed by atoms with Gasteiger partial charge in [-0.2, -0.15) is 0 Å². The summed E-state index contributed by atoms with van der Waals surface area (Å²) in [6.45, 7) is 4.65. The number of fused-ring (bicyclic) bond motifs is 2. The van der Waals surface area contributed by atoms with Gasteiger partial charge in [0.05, 0.1) is 0 Å². The van der Waals surface area contributed by atoms with Crippen LogP contribution < -0.4 is 0 Å². The van der Waals surface area contributed by atoms with Gasteiger partial charge >= 0.3 is 0 Å². The summed E-state index contributed by atoms with van der Waals surface area (Å²) in [7, 11) is 1.02. The van der Waals surface area contributed by atoms with Crippen molar-refractivity contribution in [3.05, 3.63) is 35.9 Å². The van der Waals surface area contributed by atoms with E-state index in [-0.39, 0.29) is 5.41 Å². The number of carbonyl (C=O) groups excluding carboxylic acids is 1. The fourth-order valence-corrected chi connectivity index (χ4v) is 6.30. The molecule has 2 aliphatic rings. The Morgan fingerprint density at radius 2 is 2.00 bits per heavy atom. The molecule has 0 saturated heterocycles. The van der Waals surface area contributed by atoms with Crippen molar-refractivity contribution in [2.75, 3.05) is 12.3 Å². The molecule has 114 valence electrons. The summed E-state index contributed by atoms with van der Waals surface area (Å²) in [4.78, 5) is 12.3. The molecule has 2 bridgehead atoms. The highest BCUT2D eigenvalue weighted by Gasteiger charge is 2.63. The number of aryl methyl sites for hydroxylation is 1. The Labute approximate surface area is 130 Å². The largest absolute Gasteiger partial charge is 0.299 e. The lowest BCUT2D eigenvalue weighted by Crippen LogP contribution is -2.36. The van der Waals surface area contributed by atoms with E-state index >= 15 is 0 Å². The zero-order chi connectivity index (χ0) is 14.9. The van der Waals surface area contributed by atoms with E-state index in [1.165, 1.54) is 37.1 Å². The van der Waals surface area contributed by atoms with Gasteiger partial charge in [0.25, 0.3) is 0 Å². The second kappa shape index (κ2) is 5.84. The smallest absolute Gasteiger partial charge is 0.139 e. The average molecular weight is 302 g/mol. The molecule has 4 atom stereocenters. The summed E-state index contributed by atoms with van der Waals surface area (Å²) in [6, 6.07) is 10.8. The summed E-state index contributed by atoms with van der Waals surface area (Å²) in [5.41, 5.74) is 1.76. The van der Waals surface area contributed by atoms with Crippen LogP contribution in [0.3, 0.4) is 0 Å². The van der Waals surface area contributed by atoms with Crippen molar-refractivity contribution in [1.82, 2.24) is 0 Å². The Hall–Kier alpha value is -0.680. The number of ketones is 1. The monoisotopic (exact) mass is 302 g/mol. The average Bonchev–Trinajstić information content (AvgIpc) is 2.83. The number of benzene rings is 1. The van der Waals surface area contributed by atoms with Crippen molar-refractivity contribution in [1.29, 1.82) is 0 Å². The van der Waals surface area contributed by atoms with Crippen LogP contribution in [0.15, 0.2) is 30.3 Å². The first-order chi connectivity index (χ1) is 10.1. The van der Waals surface area contributed by atoms with Crippen molar-refractivity contribution < 1.29 is 4.79 Å². The van der Waals surface area contributed by atoms with Crippen LogP contribution in [0.2, 0.25) is 0 Å². The molecule has 1 nitrogen and oxygen atoms in total. The Bertz CT molecular complexity index is 512. The highest BCUT2D eigenvalue weighted by molar-refractivity contribution is 7.38. The zero-order valence-corrected chi connectivity index (χ0v) is 14.3. The van der Waals surface area contributed by atoms with Gasteiger partial charge in [0, 0.05) is 11.8 Å². The number of hydrogen-bond acceptors (Lipinski definition) is 1. The summed E-state index contributed by atoms with van der Waals surface area (Å²) >= 11 is 0. The Morgan fingerprint density at radius 1 is 1.24 bits per heavy atom. The molecule has 0 spiro atoms. The lowest BCUT2D eigenvalue weighted by atomic mass is 9.70. The molecule has 21 heavy (non-hydrogen) atoms. The third kappa shape index (κ3) is 2.59. The van der Waals surface area contributed by atoms with E-state index in [4.69, 9.17) is 0 Å². The van der Waals surface area contributed by atoms with Gasteiger partial charge in [-0.3, -0.25) is 4.79 Å². The second-order valence-electron chi connectivity index (χ2n) is 7.38. The van der Waals surface area contributed by atoms with Crippen molar-refractivity contribution in [3.63, 3.8) is 0 Å². The first-order valence-corrected chi connectivity index (χ1v) is 9.76. The molecule has 0 radical (unpaired) electrons. The van der Waals surface area contributed by atoms with Gasteiger partial charge in [0.1, 0.15) is 5.78 Å². The lowest BCUT2D eigenvalue weighted by Gasteiger charge is -2.36. The van der Waals surface area contributed by atoms with Gasteiger partial charge in [-0.15, -0.1) is 8.58 Å². The van der Waals surface area contributed by atoms with Crippen LogP contribution in [0.1, 0.15) is 45.1 Å². The van der Waals surface area contributed by atoms with Crippen molar-refractivity contribution >= 4 is 14.4 Å². The second-order valence-corrected chi connectivity index (χ2v) is 8.73. The summed E-state index contributed by atoms with van der Waals surface area (Å²) in [5.74, 6) is 1.23. The topological polar surface area (TPSA) is 17.1 Å². The summed E-state index contributed by atoms with van der Waals surface area (Å²) in [5, 5.41) is 0. The third-order valence-corrected chi connectivity index (χ3v) is 8.05. The van der Waals surface area contributed by atoms with Crippen molar-refractivity contribution in [2.45, 2.75) is 46.0 Å². The Morgan fingerprint density at radius 3 is 2.62 bits per heavy atom. The number of rotatable bonds is 6. The van der Waals surface area contributed by atoms with Crippen LogP contribution in [-0.4, -0.2) is 18.1 Å². The van der Waals surface area contributed by atoms with Crippen molar-refractivity contribution in [3.8, 4) is 0 Å². The highest BCUT2D eigenvalue weighted by atomic mass is 31.1. The third-order valence-electron chi connectivity index (χ3n) is 6.36. The van der Waals surface area contributed by atoms with Gasteiger partial charge < -0.3 is 0 Å². The first-order valence-electron chi connectivity index (χ1n) is 8.34. The van der Waals surface area contributed by atoms with Gasteiger partial charge in [0.2, 0.25) is 0 Å². The van der Waals surface area contributed by atoms with E-state index in [0.717, 1.165) is 21.4 Å². The van der Waals surface area contributed by atoms with Gasteiger partial charge in [0.15, 0.2) is 0 Å². The number of Topliss-reactive ketones (excluding diaryl/α,β-unsaturated/α-hetero) is 1. The predicted molar refractivity (Wildman–Crippen MR) is 91.4 cm³/mol. The van der Waals surface area contributed by atoms with E-state index in [1.54, 1.807) is 0 Å². The van der Waals surface area contributed by atoms with Gasteiger partial charge in [-0.1, -0.05) is 44.2 Å². The molecule has 0 amide bonds. The molecule has 2 heteroatoms. The summed E-state index contributed by atoms with van der Waals surface area (Å²) in [6.07, 6.45) is 8.37. The molecule has 0 aromatic heterocycles. The molecule has 1 aromatic carbocycles. The maximum atomic E-state index is 12.3. The molecule has 0 heterocycles. The van der Waals surface area contributed by atoms with Crippen LogP contribution in [0.25, 0.3) is 0 Å². The Kier molecular flexibility index (Phi) is 4.23. The molecule has 2 aliphatic carbocycles. The van der Waals surface area contributed by atoms with E-state index in [1.807, 2.05) is 0 Å². The molecule has 3 rings (SSSR count).